The second-order valence-electron chi connectivity index (χ2n) is 8.23. The van der Waals surface area contributed by atoms with Crippen LogP contribution in [-0.2, 0) is 10.2 Å². The van der Waals surface area contributed by atoms with Gasteiger partial charge in [-0.25, -0.2) is 0 Å². The zero-order valence-electron chi connectivity index (χ0n) is 18.4. The van der Waals surface area contributed by atoms with Crippen LogP contribution >= 0.6 is 39.9 Å². The maximum Gasteiger partial charge on any atom is 0.266 e. The van der Waals surface area contributed by atoms with Crippen molar-refractivity contribution in [3.63, 3.8) is 0 Å². The zero-order valence-corrected chi connectivity index (χ0v) is 21.6. The van der Waals surface area contributed by atoms with Crippen LogP contribution in [0, 0.1) is 0 Å². The summed E-state index contributed by atoms with van der Waals surface area (Å²) in [5, 5.41) is 0. The molecule has 0 saturated carbocycles. The minimum atomic E-state index is -0.118. The van der Waals surface area contributed by atoms with Crippen LogP contribution in [0.1, 0.15) is 31.9 Å². The van der Waals surface area contributed by atoms with Crippen LogP contribution in [0.2, 0.25) is 0 Å². The van der Waals surface area contributed by atoms with E-state index in [2.05, 4.69) is 55.4 Å². The second kappa shape index (κ2) is 10.7. The van der Waals surface area contributed by atoms with Crippen molar-refractivity contribution >= 4 is 56.2 Å². The minimum absolute atomic E-state index is 0.111. The summed E-state index contributed by atoms with van der Waals surface area (Å²) < 4.78 is 13.2. The zero-order chi connectivity index (χ0) is 23.3. The van der Waals surface area contributed by atoms with Gasteiger partial charge in [0.25, 0.3) is 5.91 Å². The monoisotopic (exact) mass is 531 g/mol. The van der Waals surface area contributed by atoms with Gasteiger partial charge in [-0.2, -0.15) is 0 Å². The molecule has 32 heavy (non-hydrogen) atoms. The lowest BCUT2D eigenvalue weighted by atomic mass is 9.87. The van der Waals surface area contributed by atoms with E-state index in [1.54, 1.807) is 6.08 Å². The number of amides is 1. The van der Waals surface area contributed by atoms with Crippen molar-refractivity contribution in [2.45, 2.75) is 26.2 Å². The molecule has 0 bridgehead atoms. The Morgan fingerprint density at radius 2 is 1.81 bits per heavy atom. The van der Waals surface area contributed by atoms with Crippen LogP contribution in [0.3, 0.4) is 0 Å². The van der Waals surface area contributed by atoms with Crippen molar-refractivity contribution in [1.29, 1.82) is 0 Å². The van der Waals surface area contributed by atoms with Crippen molar-refractivity contribution in [2.24, 2.45) is 0 Å². The molecule has 7 heteroatoms. The molecule has 3 rings (SSSR count). The number of ether oxygens (including phenoxy) is 2. The normalized spacial score (nSPS) is 15.4. The lowest BCUT2D eigenvalue weighted by Gasteiger charge is -2.19. The van der Waals surface area contributed by atoms with Crippen LogP contribution < -0.4 is 9.47 Å². The molecule has 1 aliphatic heterocycles. The van der Waals surface area contributed by atoms with Gasteiger partial charge in [-0.15, -0.1) is 6.58 Å². The van der Waals surface area contributed by atoms with Gasteiger partial charge in [0, 0.05) is 16.6 Å². The molecule has 4 nitrogen and oxygen atoms in total. The van der Waals surface area contributed by atoms with Gasteiger partial charge >= 0.3 is 0 Å². The molecule has 1 saturated heterocycles. The molecule has 0 aliphatic carbocycles. The fraction of sp³-hybridized carbons (Fsp3) is 0.280. The summed E-state index contributed by atoms with van der Waals surface area (Å²) in [5.74, 6) is 1.37. The van der Waals surface area contributed by atoms with Gasteiger partial charge in [-0.1, -0.05) is 78.9 Å². The smallest absolute Gasteiger partial charge is 0.266 e. The number of hydrogen-bond acceptors (Lipinski definition) is 5. The highest BCUT2D eigenvalue weighted by molar-refractivity contribution is 9.10. The van der Waals surface area contributed by atoms with Crippen LogP contribution in [0.25, 0.3) is 6.08 Å². The molecule has 168 valence electrons. The number of halogens is 1. The number of thiocarbonyl (C=S) groups is 1. The van der Waals surface area contributed by atoms with Crippen molar-refractivity contribution in [2.75, 3.05) is 19.8 Å². The van der Waals surface area contributed by atoms with Crippen LogP contribution in [0.4, 0.5) is 0 Å². The minimum Gasteiger partial charge on any atom is -0.490 e. The Morgan fingerprint density at radius 1 is 1.12 bits per heavy atom. The molecule has 2 aromatic carbocycles. The molecule has 0 atom stereocenters. The van der Waals surface area contributed by atoms with E-state index in [9.17, 15) is 4.79 Å². The van der Waals surface area contributed by atoms with Crippen LogP contribution in [0.15, 0.2) is 64.5 Å². The number of rotatable bonds is 8. The van der Waals surface area contributed by atoms with Gasteiger partial charge in [-0.3, -0.25) is 9.69 Å². The molecule has 1 aliphatic rings. The Labute approximate surface area is 207 Å². The molecule has 0 unspecified atom stereocenters. The average Bonchev–Trinajstić information content (AvgIpc) is 3.00. The number of benzene rings is 2. The molecule has 0 radical (unpaired) electrons. The standard InChI is InChI=1S/C25H26BrNO3S2/c1-5-12-27-23(28)22(32-24(27)31)16-17-15-19(26)8-11-21(17)30-14-13-29-20-9-6-18(7-10-20)25(2,3)4/h5-11,15-16H,1,12-14H2,2-4H3/b22-16+. The first-order valence-corrected chi connectivity index (χ1v) is 12.2. The molecule has 2 aromatic rings. The summed E-state index contributed by atoms with van der Waals surface area (Å²) in [6.45, 7) is 11.4. The topological polar surface area (TPSA) is 38.8 Å². The molecular formula is C25H26BrNO3S2. The van der Waals surface area contributed by atoms with Crippen molar-refractivity contribution in [3.8, 4) is 11.5 Å². The predicted octanol–water partition coefficient (Wildman–Crippen LogP) is 6.59. The lowest BCUT2D eigenvalue weighted by molar-refractivity contribution is -0.121. The first-order chi connectivity index (χ1) is 15.2. The molecule has 0 N–H and O–H groups in total. The summed E-state index contributed by atoms with van der Waals surface area (Å²) in [4.78, 5) is 14.7. The van der Waals surface area contributed by atoms with E-state index in [1.165, 1.54) is 22.2 Å². The summed E-state index contributed by atoms with van der Waals surface area (Å²) in [5.41, 5.74) is 2.17. The molecule has 1 heterocycles. The van der Waals surface area contributed by atoms with E-state index in [0.717, 1.165) is 15.8 Å². The molecule has 1 amide bonds. The van der Waals surface area contributed by atoms with E-state index in [4.69, 9.17) is 21.7 Å². The van der Waals surface area contributed by atoms with Crippen molar-refractivity contribution in [1.82, 2.24) is 4.90 Å². The Balaban J connectivity index is 1.64. The largest absolute Gasteiger partial charge is 0.490 e. The van der Waals surface area contributed by atoms with Gasteiger partial charge in [0.2, 0.25) is 0 Å². The Morgan fingerprint density at radius 3 is 2.47 bits per heavy atom. The van der Waals surface area contributed by atoms with Gasteiger partial charge in [0.05, 0.1) is 4.91 Å². The molecular weight excluding hydrogens is 506 g/mol. The quantitative estimate of drug-likeness (QED) is 0.166. The number of carbonyl (C=O) groups excluding carboxylic acids is 1. The fourth-order valence-corrected chi connectivity index (χ4v) is 4.70. The van der Waals surface area contributed by atoms with E-state index >= 15 is 0 Å². The molecule has 1 fully saturated rings. The summed E-state index contributed by atoms with van der Waals surface area (Å²) in [7, 11) is 0. The Hall–Kier alpha value is -2.09. The van der Waals surface area contributed by atoms with Gasteiger partial charge < -0.3 is 9.47 Å². The van der Waals surface area contributed by atoms with E-state index in [0.29, 0.717) is 34.7 Å². The fourth-order valence-electron chi connectivity index (χ4n) is 3.05. The van der Waals surface area contributed by atoms with Crippen molar-refractivity contribution < 1.29 is 14.3 Å². The number of carbonyl (C=O) groups is 1. The maximum atomic E-state index is 12.6. The van der Waals surface area contributed by atoms with E-state index in [1.807, 2.05) is 36.4 Å². The third-order valence-corrected chi connectivity index (χ3v) is 6.64. The summed E-state index contributed by atoms with van der Waals surface area (Å²) >= 11 is 10.1. The lowest BCUT2D eigenvalue weighted by Crippen LogP contribution is -2.27. The number of nitrogens with zero attached hydrogens (tertiary/aromatic N) is 1. The van der Waals surface area contributed by atoms with Crippen LogP contribution in [-0.4, -0.2) is 34.9 Å². The number of hydrogen-bond donors (Lipinski definition) is 0. The number of thioether (sulfide) groups is 1. The Bertz CT molecular complexity index is 1040. The summed E-state index contributed by atoms with van der Waals surface area (Å²) in [6.07, 6.45) is 3.48. The first kappa shape index (κ1) is 24.6. The molecule has 0 aromatic heterocycles. The SMILES string of the molecule is C=CCN1C(=O)/C(=C\c2cc(Br)ccc2OCCOc2ccc(C(C)(C)C)cc2)SC1=S. The molecule has 0 spiro atoms. The van der Waals surface area contributed by atoms with Gasteiger partial charge in [0.1, 0.15) is 29.0 Å². The third-order valence-electron chi connectivity index (χ3n) is 4.77. The Kier molecular flexibility index (Phi) is 8.20. The third kappa shape index (κ3) is 6.24. The second-order valence-corrected chi connectivity index (χ2v) is 10.8. The maximum absolute atomic E-state index is 12.6. The highest BCUT2D eigenvalue weighted by Gasteiger charge is 2.31. The van der Waals surface area contributed by atoms with Crippen LogP contribution in [0.5, 0.6) is 11.5 Å². The van der Waals surface area contributed by atoms with Gasteiger partial charge in [0.15, 0.2) is 0 Å². The highest BCUT2D eigenvalue weighted by Crippen LogP contribution is 2.35. The predicted molar refractivity (Wildman–Crippen MR) is 140 cm³/mol. The highest BCUT2D eigenvalue weighted by atomic mass is 79.9. The van der Waals surface area contributed by atoms with E-state index < -0.39 is 0 Å². The summed E-state index contributed by atoms with van der Waals surface area (Å²) in [6, 6.07) is 13.8. The first-order valence-electron chi connectivity index (χ1n) is 10.2. The van der Waals surface area contributed by atoms with Gasteiger partial charge in [-0.05, 0) is 47.4 Å². The van der Waals surface area contributed by atoms with E-state index in [-0.39, 0.29) is 11.3 Å². The van der Waals surface area contributed by atoms with Crippen molar-refractivity contribution in [3.05, 3.63) is 75.6 Å². The average molecular weight is 533 g/mol.